The molecule has 0 saturated heterocycles. The van der Waals surface area contributed by atoms with E-state index in [4.69, 9.17) is 0 Å². The molecule has 2 heteroatoms. The molecule has 0 aliphatic carbocycles. The van der Waals surface area contributed by atoms with Crippen molar-refractivity contribution in [3.63, 3.8) is 0 Å². The first-order valence-corrected chi connectivity index (χ1v) is 43.6. The second-order valence-corrected chi connectivity index (χ2v) is 33.3. The Labute approximate surface area is 557 Å². The summed E-state index contributed by atoms with van der Waals surface area (Å²) < 4.78 is 0. The lowest BCUT2D eigenvalue weighted by molar-refractivity contribution is -0.0423. The molecule has 0 rings (SSSR count). The Morgan fingerprint density at radius 1 is 0.174 bits per heavy atom. The van der Waals surface area contributed by atoms with Gasteiger partial charge < -0.3 is 12.4 Å². The summed E-state index contributed by atoms with van der Waals surface area (Å²) in [5.74, 6) is 0. The van der Waals surface area contributed by atoms with Gasteiger partial charge in [0.2, 0.25) is 0 Å². The van der Waals surface area contributed by atoms with Gasteiger partial charge in [0, 0.05) is 13.3 Å². The van der Waals surface area contributed by atoms with E-state index in [2.05, 4.69) is 62.3 Å². The molecule has 0 aromatic heterocycles. The number of unbranched alkanes of at least 4 members (excludes halogenated alkanes) is 56. The van der Waals surface area contributed by atoms with E-state index < -0.39 is 7.92 Å². The Bertz CT molecular complexity index is 1150. The third kappa shape index (κ3) is 48.4. The molecule has 0 aromatic rings. The quantitative estimate of drug-likeness (QED) is 0.0421. The van der Waals surface area contributed by atoms with Crippen LogP contribution in [0.4, 0.5) is 0 Å². The van der Waals surface area contributed by atoms with Gasteiger partial charge >= 0.3 is 0 Å². The summed E-state index contributed by atoms with van der Waals surface area (Å²) in [5, 5.41) is 0.562. The molecule has 0 aliphatic heterocycles. The van der Waals surface area contributed by atoms with Crippen molar-refractivity contribution in [3.8, 4) is 0 Å². The fraction of sp³-hybridized carbons (Fsp3) is 1.00. The molecule has 0 radical (unpaired) electrons. The number of hydrogen-bond donors (Lipinski definition) is 0. The van der Waals surface area contributed by atoms with E-state index in [0.717, 1.165) is 0 Å². The number of rotatable bonds is 75. The van der Waals surface area contributed by atoms with Crippen molar-refractivity contribution in [2.75, 3.05) is 12.3 Å². The van der Waals surface area contributed by atoms with E-state index in [1.54, 1.807) is 63.7 Å². The molecule has 0 bridgehead atoms. The van der Waals surface area contributed by atoms with E-state index in [0.29, 0.717) is 16.0 Å². The maximum Gasteiger partial charge on any atom is 0.0837 e. The lowest BCUT2D eigenvalue weighted by Gasteiger charge is -2.61. The molecule has 86 heavy (non-hydrogen) atoms. The molecule has 0 aliphatic rings. The van der Waals surface area contributed by atoms with Crippen LogP contribution in [0.2, 0.25) is 0 Å². The molecule has 0 fully saturated rings. The highest BCUT2D eigenvalue weighted by atomic mass is 35.5. The first kappa shape index (κ1) is 88.8. The summed E-state index contributed by atoms with van der Waals surface area (Å²) in [6.45, 7) is 22.6. The standard InChI is InChI=1S/C84H171P.ClH/c1-10-18-26-32-38-44-50-56-62-68-74-82(9,75-69-63-57-51-45-39-33-27-19-11-2)83(76-70-64-58-52-46-40-34-28-20-12-3,77-71-65-59-53-47-41-35-29-21-13-4)84(85(80-24-16-7)81-25-17-8,78-72-66-60-54-48-42-36-30-22-14-5)79-73-67-61-55-49-43-37-31-23-15-6;/h10-81H2,1-9H3;1H. The van der Waals surface area contributed by atoms with Crippen LogP contribution in [0.5, 0.6) is 0 Å². The van der Waals surface area contributed by atoms with E-state index in [9.17, 15) is 0 Å². The van der Waals surface area contributed by atoms with Gasteiger partial charge in [-0.1, -0.05) is 448 Å². The van der Waals surface area contributed by atoms with Gasteiger partial charge in [-0.15, -0.1) is 0 Å². The highest BCUT2D eigenvalue weighted by molar-refractivity contribution is 7.59. The average molecular weight is 1250 g/mol. The second kappa shape index (κ2) is 70.0. The summed E-state index contributed by atoms with van der Waals surface area (Å²) in [6, 6.07) is 0. The minimum Gasteiger partial charge on any atom is -1.00 e. The van der Waals surface area contributed by atoms with Crippen LogP contribution in [0, 0.1) is 10.8 Å². The summed E-state index contributed by atoms with van der Waals surface area (Å²) in [6.07, 6.45) is 107. The Balaban J connectivity index is 0. The van der Waals surface area contributed by atoms with Crippen LogP contribution in [-0.2, 0) is 0 Å². The van der Waals surface area contributed by atoms with Gasteiger partial charge in [0.25, 0.3) is 0 Å². The van der Waals surface area contributed by atoms with Crippen molar-refractivity contribution in [1.29, 1.82) is 0 Å². The first-order valence-electron chi connectivity index (χ1n) is 41.7. The normalized spacial score (nSPS) is 12.3. The van der Waals surface area contributed by atoms with Gasteiger partial charge in [-0.05, 0) is 69.6 Å². The Morgan fingerprint density at radius 2 is 0.326 bits per heavy atom. The SMILES string of the molecule is CCCCCCCCCCCCC(C)(CCCCCCCCCCCC)C(CCCCCCCCCCCC)(CCCCCCCCCCCC)C(CCCCCCCCCCCC)(CCCCCCCCCCCC)[PH+](CCCC)CCCC.[Cl-]. The van der Waals surface area contributed by atoms with Crippen LogP contribution in [0.1, 0.15) is 512 Å². The fourth-order valence-electron chi connectivity index (χ4n) is 16.7. The lowest BCUT2D eigenvalue weighted by atomic mass is 9.49. The minimum absolute atomic E-state index is 0. The smallest absolute Gasteiger partial charge is 0.0837 e. The van der Waals surface area contributed by atoms with Crippen molar-refractivity contribution in [1.82, 2.24) is 0 Å². The molecule has 0 atom stereocenters. The minimum atomic E-state index is -0.651. The van der Waals surface area contributed by atoms with Crippen molar-refractivity contribution >= 4 is 7.92 Å². The van der Waals surface area contributed by atoms with Gasteiger partial charge in [-0.2, -0.15) is 0 Å². The molecule has 0 unspecified atom stereocenters. The molecule has 0 nitrogen and oxygen atoms in total. The predicted molar refractivity (Wildman–Crippen MR) is 400 cm³/mol. The average Bonchev–Trinajstić information content (AvgIpc) is 0.797. The molecular formula is C84H172ClP. The molecule has 0 heterocycles. The van der Waals surface area contributed by atoms with Crippen LogP contribution >= 0.6 is 7.92 Å². The fourth-order valence-corrected chi connectivity index (χ4v) is 21.8. The van der Waals surface area contributed by atoms with Crippen LogP contribution in [-0.4, -0.2) is 17.5 Å². The molecule has 0 aromatic carbocycles. The van der Waals surface area contributed by atoms with E-state index in [1.165, 1.54) is 398 Å². The van der Waals surface area contributed by atoms with E-state index in [1.807, 2.05) is 0 Å². The highest BCUT2D eigenvalue weighted by Crippen LogP contribution is 2.73. The summed E-state index contributed by atoms with van der Waals surface area (Å²) >= 11 is 0. The van der Waals surface area contributed by atoms with Gasteiger partial charge in [0.1, 0.15) is 0 Å². The summed E-state index contributed by atoms with van der Waals surface area (Å²) in [7, 11) is -0.651. The zero-order valence-electron chi connectivity index (χ0n) is 62.3. The van der Waals surface area contributed by atoms with Crippen LogP contribution in [0.25, 0.3) is 0 Å². The third-order valence-corrected chi connectivity index (χ3v) is 26.7. The van der Waals surface area contributed by atoms with Crippen molar-refractivity contribution in [2.45, 2.75) is 517 Å². The molecule has 0 amide bonds. The molecule has 520 valence electrons. The molecule has 0 saturated carbocycles. The van der Waals surface area contributed by atoms with Gasteiger partial charge in [-0.3, -0.25) is 0 Å². The molecule has 0 N–H and O–H groups in total. The Kier molecular flexibility index (Phi) is 72.3. The van der Waals surface area contributed by atoms with Crippen LogP contribution < -0.4 is 12.4 Å². The third-order valence-electron chi connectivity index (χ3n) is 22.4. The number of hydrogen-bond acceptors (Lipinski definition) is 0. The topological polar surface area (TPSA) is 0 Å². The van der Waals surface area contributed by atoms with Gasteiger partial charge in [-0.25, -0.2) is 0 Å². The second-order valence-electron chi connectivity index (χ2n) is 30.1. The van der Waals surface area contributed by atoms with E-state index in [-0.39, 0.29) is 12.4 Å². The van der Waals surface area contributed by atoms with Crippen molar-refractivity contribution in [3.05, 3.63) is 0 Å². The Hall–Kier alpha value is 0.720. The van der Waals surface area contributed by atoms with Crippen LogP contribution in [0.15, 0.2) is 0 Å². The first-order chi connectivity index (χ1) is 41.9. The van der Waals surface area contributed by atoms with E-state index >= 15 is 0 Å². The van der Waals surface area contributed by atoms with Gasteiger partial charge in [0.05, 0.1) is 17.5 Å². The van der Waals surface area contributed by atoms with Gasteiger partial charge in [0.15, 0.2) is 0 Å². The lowest BCUT2D eigenvalue weighted by Crippen LogP contribution is -3.00. The highest BCUT2D eigenvalue weighted by Gasteiger charge is 2.64. The maximum absolute atomic E-state index is 3.12. The summed E-state index contributed by atoms with van der Waals surface area (Å²) in [4.78, 5) is 0. The zero-order valence-corrected chi connectivity index (χ0v) is 64.0. The zero-order chi connectivity index (χ0) is 62.0. The maximum atomic E-state index is 3.12. The molecular weight excluding hydrogens is 1080 g/mol. The monoisotopic (exact) mass is 1250 g/mol. The van der Waals surface area contributed by atoms with Crippen molar-refractivity contribution in [2.24, 2.45) is 10.8 Å². The predicted octanol–water partition coefficient (Wildman–Crippen LogP) is 29.4. The molecule has 0 spiro atoms. The summed E-state index contributed by atoms with van der Waals surface area (Å²) in [5.41, 5.74) is 0.921. The van der Waals surface area contributed by atoms with Crippen molar-refractivity contribution < 1.29 is 12.4 Å². The van der Waals surface area contributed by atoms with Crippen LogP contribution in [0.3, 0.4) is 0 Å². The Morgan fingerprint density at radius 3 is 0.512 bits per heavy atom. The largest absolute Gasteiger partial charge is 1.00 e. The number of halogens is 1.